The Morgan fingerprint density at radius 1 is 1.48 bits per heavy atom. The summed E-state index contributed by atoms with van der Waals surface area (Å²) in [6.45, 7) is 0. The van der Waals surface area contributed by atoms with Crippen molar-refractivity contribution in [2.45, 2.75) is 25.3 Å². The first-order chi connectivity index (χ1) is 10.2. The molecule has 1 aliphatic rings. The molecule has 1 aliphatic carbocycles. The smallest absolute Gasteiger partial charge is 0.143 e. The minimum atomic E-state index is 0.240. The number of nitrogens with zero attached hydrogens (tertiary/aromatic N) is 3. The number of aryl methyl sites for hydroxylation is 1. The summed E-state index contributed by atoms with van der Waals surface area (Å²) in [6.07, 6.45) is 5.24. The van der Waals surface area contributed by atoms with Crippen LogP contribution in [0.4, 0.5) is 5.69 Å². The molecular formula is C16H18N4O. The summed E-state index contributed by atoms with van der Waals surface area (Å²) in [5.74, 6) is 0.699. The molecule has 0 fully saturated rings. The predicted molar refractivity (Wildman–Crippen MR) is 80.2 cm³/mol. The highest BCUT2D eigenvalue weighted by Gasteiger charge is 2.24. The van der Waals surface area contributed by atoms with Gasteiger partial charge in [0.1, 0.15) is 5.75 Å². The first-order valence-electron chi connectivity index (χ1n) is 7.08. The minimum Gasteiger partial charge on any atom is -0.495 e. The molecule has 0 bridgehead atoms. The van der Waals surface area contributed by atoms with Crippen LogP contribution < -0.4 is 10.1 Å². The molecule has 1 aromatic heterocycles. The Morgan fingerprint density at radius 2 is 2.33 bits per heavy atom. The van der Waals surface area contributed by atoms with E-state index in [1.165, 1.54) is 11.3 Å². The maximum Gasteiger partial charge on any atom is 0.143 e. The van der Waals surface area contributed by atoms with E-state index < -0.39 is 0 Å². The molecule has 21 heavy (non-hydrogen) atoms. The van der Waals surface area contributed by atoms with Crippen molar-refractivity contribution in [1.29, 1.82) is 5.26 Å². The summed E-state index contributed by atoms with van der Waals surface area (Å²) in [5.41, 5.74) is 4.07. The van der Waals surface area contributed by atoms with Crippen molar-refractivity contribution in [1.82, 2.24) is 9.78 Å². The second-order valence-electron chi connectivity index (χ2n) is 5.29. The topological polar surface area (TPSA) is 62.9 Å². The second-order valence-corrected chi connectivity index (χ2v) is 5.29. The molecule has 0 amide bonds. The van der Waals surface area contributed by atoms with Gasteiger partial charge in [0.25, 0.3) is 0 Å². The van der Waals surface area contributed by atoms with Gasteiger partial charge in [0.2, 0.25) is 0 Å². The number of nitrogens with one attached hydrogen (secondary N) is 1. The molecule has 1 aromatic carbocycles. The van der Waals surface area contributed by atoms with E-state index in [0.29, 0.717) is 11.3 Å². The van der Waals surface area contributed by atoms with Crippen molar-refractivity contribution in [3.05, 3.63) is 41.2 Å². The van der Waals surface area contributed by atoms with Crippen LogP contribution in [0.15, 0.2) is 24.4 Å². The zero-order valence-electron chi connectivity index (χ0n) is 12.3. The molecular weight excluding hydrogens is 264 g/mol. The van der Waals surface area contributed by atoms with Crippen LogP contribution in [0.3, 0.4) is 0 Å². The van der Waals surface area contributed by atoms with E-state index in [0.717, 1.165) is 24.9 Å². The third-order valence-corrected chi connectivity index (χ3v) is 4.04. The van der Waals surface area contributed by atoms with E-state index >= 15 is 0 Å². The fraction of sp³-hybridized carbons (Fsp3) is 0.375. The molecule has 108 valence electrons. The van der Waals surface area contributed by atoms with Gasteiger partial charge >= 0.3 is 0 Å². The van der Waals surface area contributed by atoms with Crippen molar-refractivity contribution >= 4 is 5.69 Å². The van der Waals surface area contributed by atoms with Gasteiger partial charge in [-0.2, -0.15) is 10.4 Å². The van der Waals surface area contributed by atoms with Gasteiger partial charge in [-0.25, -0.2) is 0 Å². The van der Waals surface area contributed by atoms with Gasteiger partial charge in [-0.05, 0) is 31.4 Å². The molecule has 1 atom stereocenters. The van der Waals surface area contributed by atoms with Crippen molar-refractivity contribution in [3.8, 4) is 11.8 Å². The molecule has 5 heteroatoms. The molecule has 0 spiro atoms. The Balaban J connectivity index is 1.90. The molecule has 1 heterocycles. The standard InChI is InChI=1S/C16H18N4O/c1-20-15-5-3-4-13(12(15)10-18-20)19-14-7-6-11(9-17)8-16(14)21-2/h6-8,10,13,19H,3-5H2,1-2H3. The number of hydrogen-bond acceptors (Lipinski definition) is 4. The highest BCUT2D eigenvalue weighted by molar-refractivity contribution is 5.60. The van der Waals surface area contributed by atoms with Crippen LogP contribution in [0.2, 0.25) is 0 Å². The van der Waals surface area contributed by atoms with Crippen LogP contribution in [0.5, 0.6) is 5.75 Å². The number of hydrogen-bond donors (Lipinski definition) is 1. The van der Waals surface area contributed by atoms with Gasteiger partial charge in [0.05, 0.1) is 36.7 Å². The average molecular weight is 282 g/mol. The number of benzene rings is 1. The molecule has 0 saturated carbocycles. The summed E-state index contributed by atoms with van der Waals surface area (Å²) in [5, 5.41) is 16.9. The molecule has 2 aromatic rings. The number of fused-ring (bicyclic) bond motifs is 1. The van der Waals surface area contributed by atoms with E-state index in [1.807, 2.05) is 24.0 Å². The summed E-state index contributed by atoms with van der Waals surface area (Å²) in [7, 11) is 3.61. The quantitative estimate of drug-likeness (QED) is 0.940. The molecule has 5 nitrogen and oxygen atoms in total. The third-order valence-electron chi connectivity index (χ3n) is 4.04. The van der Waals surface area contributed by atoms with E-state index in [9.17, 15) is 0 Å². The van der Waals surface area contributed by atoms with Crippen molar-refractivity contribution in [2.75, 3.05) is 12.4 Å². The van der Waals surface area contributed by atoms with E-state index in [4.69, 9.17) is 10.00 Å². The number of aromatic nitrogens is 2. The Labute approximate surface area is 124 Å². The normalized spacial score (nSPS) is 16.9. The number of anilines is 1. The molecule has 1 unspecified atom stereocenters. The Hall–Kier alpha value is -2.48. The number of ether oxygens (including phenoxy) is 1. The Morgan fingerprint density at radius 3 is 3.10 bits per heavy atom. The predicted octanol–water partition coefficient (Wildman–Crippen LogP) is 2.79. The van der Waals surface area contributed by atoms with Crippen LogP contribution in [-0.2, 0) is 13.5 Å². The lowest BCUT2D eigenvalue weighted by Gasteiger charge is -2.25. The van der Waals surface area contributed by atoms with E-state index in [-0.39, 0.29) is 6.04 Å². The van der Waals surface area contributed by atoms with Gasteiger partial charge in [0, 0.05) is 24.4 Å². The monoisotopic (exact) mass is 282 g/mol. The van der Waals surface area contributed by atoms with Crippen LogP contribution in [0.1, 0.15) is 35.7 Å². The summed E-state index contributed by atoms with van der Waals surface area (Å²) < 4.78 is 7.35. The molecule has 0 radical (unpaired) electrons. The summed E-state index contributed by atoms with van der Waals surface area (Å²) in [6, 6.07) is 7.84. The highest BCUT2D eigenvalue weighted by atomic mass is 16.5. The van der Waals surface area contributed by atoms with Gasteiger partial charge in [-0.3, -0.25) is 4.68 Å². The highest BCUT2D eigenvalue weighted by Crippen LogP contribution is 2.35. The molecule has 0 aliphatic heterocycles. The largest absolute Gasteiger partial charge is 0.495 e. The Kier molecular flexibility index (Phi) is 3.53. The molecule has 1 N–H and O–H groups in total. The van der Waals surface area contributed by atoms with Crippen molar-refractivity contribution in [3.63, 3.8) is 0 Å². The van der Waals surface area contributed by atoms with Gasteiger partial charge in [-0.1, -0.05) is 0 Å². The number of nitriles is 1. The van der Waals surface area contributed by atoms with Gasteiger partial charge < -0.3 is 10.1 Å². The van der Waals surface area contributed by atoms with E-state index in [2.05, 4.69) is 16.5 Å². The SMILES string of the molecule is COc1cc(C#N)ccc1NC1CCCc2c1cnn2C. The first kappa shape index (κ1) is 13.5. The van der Waals surface area contributed by atoms with Crippen LogP contribution in [-0.4, -0.2) is 16.9 Å². The summed E-state index contributed by atoms with van der Waals surface area (Å²) >= 11 is 0. The van der Waals surface area contributed by atoms with Crippen LogP contribution in [0, 0.1) is 11.3 Å². The fourth-order valence-corrected chi connectivity index (χ4v) is 2.92. The van der Waals surface area contributed by atoms with Gasteiger partial charge in [0.15, 0.2) is 0 Å². The maximum atomic E-state index is 8.97. The van der Waals surface area contributed by atoms with E-state index in [1.54, 1.807) is 19.2 Å². The zero-order valence-corrected chi connectivity index (χ0v) is 12.3. The fourth-order valence-electron chi connectivity index (χ4n) is 2.92. The number of rotatable bonds is 3. The maximum absolute atomic E-state index is 8.97. The van der Waals surface area contributed by atoms with Crippen molar-refractivity contribution < 1.29 is 4.74 Å². The number of methoxy groups -OCH3 is 1. The van der Waals surface area contributed by atoms with Crippen LogP contribution >= 0.6 is 0 Å². The van der Waals surface area contributed by atoms with Crippen molar-refractivity contribution in [2.24, 2.45) is 7.05 Å². The minimum absolute atomic E-state index is 0.240. The molecule has 3 rings (SSSR count). The summed E-state index contributed by atoms with van der Waals surface area (Å²) in [4.78, 5) is 0. The molecule has 0 saturated heterocycles. The average Bonchev–Trinajstić information content (AvgIpc) is 2.90. The second kappa shape index (κ2) is 5.49. The Bertz CT molecular complexity index is 699. The van der Waals surface area contributed by atoms with Crippen LogP contribution in [0.25, 0.3) is 0 Å². The first-order valence-corrected chi connectivity index (χ1v) is 7.08. The third kappa shape index (κ3) is 2.45. The lowest BCUT2D eigenvalue weighted by Crippen LogP contribution is -2.18. The zero-order chi connectivity index (χ0) is 14.8. The lowest BCUT2D eigenvalue weighted by atomic mass is 9.92. The van der Waals surface area contributed by atoms with Gasteiger partial charge in [-0.15, -0.1) is 0 Å². The lowest BCUT2D eigenvalue weighted by molar-refractivity contribution is 0.415.